The van der Waals surface area contributed by atoms with Gasteiger partial charge in [0.25, 0.3) is 0 Å². The average molecular weight is 335 g/mol. The first kappa shape index (κ1) is 15.5. The highest BCUT2D eigenvalue weighted by atomic mass is 16.5. The maximum absolute atomic E-state index is 12.6. The molecule has 0 saturated carbocycles. The second kappa shape index (κ2) is 6.12. The van der Waals surface area contributed by atoms with Gasteiger partial charge in [0.15, 0.2) is 11.8 Å². The van der Waals surface area contributed by atoms with Crippen molar-refractivity contribution in [1.82, 2.24) is 14.6 Å². The standard InChI is InChI=1S/C19H17N3O3/c1-12(17(23)15-7-6-13-4-2-5-14(13)10-15)25-19(24)16-11-21-22-9-3-8-20-18(16)22/h3,6-12H,2,4-5H2,1H3/t12-/m0/s1. The van der Waals surface area contributed by atoms with Crippen LogP contribution in [-0.2, 0) is 17.6 Å². The van der Waals surface area contributed by atoms with Crippen molar-refractivity contribution < 1.29 is 14.3 Å². The van der Waals surface area contributed by atoms with Gasteiger partial charge in [-0.15, -0.1) is 0 Å². The summed E-state index contributed by atoms with van der Waals surface area (Å²) >= 11 is 0. The summed E-state index contributed by atoms with van der Waals surface area (Å²) in [5.41, 5.74) is 3.76. The molecule has 0 radical (unpaired) electrons. The predicted molar refractivity (Wildman–Crippen MR) is 90.7 cm³/mol. The second-order valence-corrected chi connectivity index (χ2v) is 6.19. The molecule has 1 aliphatic rings. The fourth-order valence-electron chi connectivity index (χ4n) is 3.21. The van der Waals surface area contributed by atoms with E-state index in [2.05, 4.69) is 10.1 Å². The minimum atomic E-state index is -0.870. The molecule has 1 aromatic carbocycles. The van der Waals surface area contributed by atoms with Crippen molar-refractivity contribution in [3.05, 3.63) is 65.1 Å². The van der Waals surface area contributed by atoms with Gasteiger partial charge in [-0.25, -0.2) is 14.3 Å². The molecule has 0 saturated heterocycles. The summed E-state index contributed by atoms with van der Waals surface area (Å²) in [6, 6.07) is 7.45. The lowest BCUT2D eigenvalue weighted by molar-refractivity contribution is 0.0320. The Bertz CT molecular complexity index is 977. The monoisotopic (exact) mass is 335 g/mol. The Morgan fingerprint density at radius 3 is 2.96 bits per heavy atom. The van der Waals surface area contributed by atoms with E-state index in [9.17, 15) is 9.59 Å². The first-order chi connectivity index (χ1) is 12.1. The first-order valence-corrected chi connectivity index (χ1v) is 8.29. The van der Waals surface area contributed by atoms with Crippen LogP contribution < -0.4 is 0 Å². The number of ketones is 1. The highest BCUT2D eigenvalue weighted by molar-refractivity contribution is 6.02. The molecule has 1 aliphatic carbocycles. The van der Waals surface area contributed by atoms with E-state index < -0.39 is 12.1 Å². The molecule has 126 valence electrons. The predicted octanol–water partition coefficient (Wildman–Crippen LogP) is 2.65. The molecule has 0 fully saturated rings. The molecule has 0 spiro atoms. The van der Waals surface area contributed by atoms with Gasteiger partial charge in [0, 0.05) is 18.0 Å². The van der Waals surface area contributed by atoms with Crippen molar-refractivity contribution >= 4 is 17.4 Å². The van der Waals surface area contributed by atoms with Crippen LogP contribution in [0.4, 0.5) is 0 Å². The van der Waals surface area contributed by atoms with E-state index in [1.165, 1.54) is 21.8 Å². The molecular formula is C19H17N3O3. The summed E-state index contributed by atoms with van der Waals surface area (Å²) in [5, 5.41) is 4.06. The van der Waals surface area contributed by atoms with Crippen LogP contribution in [-0.4, -0.2) is 32.5 Å². The van der Waals surface area contributed by atoms with Crippen molar-refractivity contribution in [2.24, 2.45) is 0 Å². The largest absolute Gasteiger partial charge is 0.451 e. The van der Waals surface area contributed by atoms with Gasteiger partial charge < -0.3 is 4.74 Å². The van der Waals surface area contributed by atoms with Crippen LogP contribution in [0, 0.1) is 0 Å². The normalized spacial score (nSPS) is 14.3. The summed E-state index contributed by atoms with van der Waals surface area (Å²) < 4.78 is 6.85. The van der Waals surface area contributed by atoms with Gasteiger partial charge in [-0.3, -0.25) is 4.79 Å². The number of benzene rings is 1. The van der Waals surface area contributed by atoms with Crippen LogP contribution in [0.5, 0.6) is 0 Å². The van der Waals surface area contributed by atoms with E-state index >= 15 is 0 Å². The van der Waals surface area contributed by atoms with Gasteiger partial charge in [0.05, 0.1) is 6.20 Å². The van der Waals surface area contributed by atoms with Crippen molar-refractivity contribution in [2.75, 3.05) is 0 Å². The SMILES string of the molecule is C[C@H](OC(=O)c1cnn2cccnc12)C(=O)c1ccc2c(c1)CCC2. The lowest BCUT2D eigenvalue weighted by Crippen LogP contribution is -2.24. The number of fused-ring (bicyclic) bond motifs is 2. The fraction of sp³-hybridized carbons (Fsp3) is 0.263. The Kier molecular flexibility index (Phi) is 3.80. The Morgan fingerprint density at radius 2 is 2.08 bits per heavy atom. The van der Waals surface area contributed by atoms with E-state index in [0.717, 1.165) is 19.3 Å². The Labute approximate surface area is 144 Å². The second-order valence-electron chi connectivity index (χ2n) is 6.19. The molecule has 2 aromatic heterocycles. The summed E-state index contributed by atoms with van der Waals surface area (Å²) in [6.07, 6.45) is 6.99. The van der Waals surface area contributed by atoms with Crippen LogP contribution in [0.2, 0.25) is 0 Å². The van der Waals surface area contributed by atoms with Crippen molar-refractivity contribution in [3.63, 3.8) is 0 Å². The summed E-state index contributed by atoms with van der Waals surface area (Å²) in [6.45, 7) is 1.59. The van der Waals surface area contributed by atoms with E-state index in [1.807, 2.05) is 18.2 Å². The third-order valence-electron chi connectivity index (χ3n) is 4.54. The molecule has 0 N–H and O–H groups in total. The molecule has 6 heteroatoms. The van der Waals surface area contributed by atoms with E-state index in [0.29, 0.717) is 11.2 Å². The Morgan fingerprint density at radius 1 is 1.24 bits per heavy atom. The average Bonchev–Trinajstić information content (AvgIpc) is 3.26. The molecule has 3 aromatic rings. The van der Waals surface area contributed by atoms with Gasteiger partial charge in [0.1, 0.15) is 5.56 Å². The van der Waals surface area contributed by atoms with Crippen LogP contribution in [0.3, 0.4) is 0 Å². The highest BCUT2D eigenvalue weighted by Crippen LogP contribution is 2.23. The van der Waals surface area contributed by atoms with Crippen molar-refractivity contribution in [3.8, 4) is 0 Å². The van der Waals surface area contributed by atoms with Gasteiger partial charge in [-0.2, -0.15) is 5.10 Å². The number of hydrogen-bond acceptors (Lipinski definition) is 5. The summed E-state index contributed by atoms with van der Waals surface area (Å²) in [4.78, 5) is 29.1. The van der Waals surface area contributed by atoms with Crippen molar-refractivity contribution in [1.29, 1.82) is 0 Å². The van der Waals surface area contributed by atoms with Crippen LogP contribution in [0.15, 0.2) is 42.9 Å². The molecule has 4 rings (SSSR count). The smallest absolute Gasteiger partial charge is 0.344 e. The molecule has 1 atom stereocenters. The van der Waals surface area contributed by atoms with Crippen molar-refractivity contribution in [2.45, 2.75) is 32.3 Å². The Balaban J connectivity index is 1.52. The lowest BCUT2D eigenvalue weighted by Gasteiger charge is -2.12. The number of nitrogens with zero attached hydrogens (tertiary/aromatic N) is 3. The number of hydrogen-bond donors (Lipinski definition) is 0. The van der Waals surface area contributed by atoms with E-state index in [1.54, 1.807) is 25.4 Å². The fourth-order valence-corrected chi connectivity index (χ4v) is 3.21. The van der Waals surface area contributed by atoms with E-state index in [4.69, 9.17) is 4.74 Å². The van der Waals surface area contributed by atoms with Crippen LogP contribution in [0.1, 0.15) is 45.2 Å². The molecule has 2 heterocycles. The van der Waals surface area contributed by atoms with Crippen LogP contribution >= 0.6 is 0 Å². The molecular weight excluding hydrogens is 318 g/mol. The zero-order chi connectivity index (χ0) is 17.4. The molecule has 0 bridgehead atoms. The lowest BCUT2D eigenvalue weighted by atomic mass is 10.0. The maximum Gasteiger partial charge on any atom is 0.344 e. The summed E-state index contributed by atoms with van der Waals surface area (Å²) in [7, 11) is 0. The molecule has 0 amide bonds. The topological polar surface area (TPSA) is 73.6 Å². The summed E-state index contributed by atoms with van der Waals surface area (Å²) in [5.74, 6) is -0.803. The van der Waals surface area contributed by atoms with Gasteiger partial charge in [0.2, 0.25) is 5.78 Å². The molecule has 25 heavy (non-hydrogen) atoms. The number of esters is 1. The van der Waals surface area contributed by atoms with Gasteiger partial charge >= 0.3 is 5.97 Å². The number of rotatable bonds is 4. The Hall–Kier alpha value is -3.02. The minimum absolute atomic E-state index is 0.201. The highest BCUT2D eigenvalue weighted by Gasteiger charge is 2.24. The minimum Gasteiger partial charge on any atom is -0.451 e. The first-order valence-electron chi connectivity index (χ1n) is 8.29. The quantitative estimate of drug-likeness (QED) is 0.541. The van der Waals surface area contributed by atoms with E-state index in [-0.39, 0.29) is 11.3 Å². The zero-order valence-corrected chi connectivity index (χ0v) is 13.8. The van der Waals surface area contributed by atoms with Gasteiger partial charge in [-0.1, -0.05) is 12.1 Å². The number of aromatic nitrogens is 3. The third-order valence-corrected chi connectivity index (χ3v) is 4.54. The zero-order valence-electron chi connectivity index (χ0n) is 13.8. The van der Waals surface area contributed by atoms with Gasteiger partial charge in [-0.05, 0) is 49.4 Å². The third kappa shape index (κ3) is 2.80. The molecule has 0 aliphatic heterocycles. The molecule has 0 unspecified atom stereocenters. The number of carbonyl (C=O) groups is 2. The number of aryl methyl sites for hydroxylation is 2. The molecule has 6 nitrogen and oxygen atoms in total. The number of Topliss-reactive ketones (excluding diaryl/α,β-unsaturated/α-hetero) is 1. The number of carbonyl (C=O) groups excluding carboxylic acids is 2. The number of ether oxygens (including phenoxy) is 1. The maximum atomic E-state index is 12.6. The van der Waals surface area contributed by atoms with Crippen LogP contribution in [0.25, 0.3) is 5.65 Å².